The number of thioether (sulfide) groups is 1. The van der Waals surface area contributed by atoms with Crippen LogP contribution in [0.25, 0.3) is 0 Å². The summed E-state index contributed by atoms with van der Waals surface area (Å²) in [4.78, 5) is 0.984. The molecule has 0 amide bonds. The second-order valence-electron chi connectivity index (χ2n) is 3.56. The molecule has 2 aromatic rings. The lowest BCUT2D eigenvalue weighted by Crippen LogP contribution is -1.89. The van der Waals surface area contributed by atoms with Crippen LogP contribution >= 0.6 is 35.0 Å². The van der Waals surface area contributed by atoms with Gasteiger partial charge in [-0.3, -0.25) is 0 Å². The van der Waals surface area contributed by atoms with Gasteiger partial charge in [0.25, 0.3) is 0 Å². The average Bonchev–Trinajstić information content (AvgIpc) is 2.32. The van der Waals surface area contributed by atoms with Crippen LogP contribution in [0, 0.1) is 0 Å². The van der Waals surface area contributed by atoms with E-state index in [9.17, 15) is 0 Å². The van der Waals surface area contributed by atoms with Gasteiger partial charge < -0.3 is 5.73 Å². The van der Waals surface area contributed by atoms with E-state index in [-0.39, 0.29) is 0 Å². The molecule has 0 spiro atoms. The molecular weight excluding hydrogens is 273 g/mol. The number of hydrogen-bond donors (Lipinski definition) is 1. The minimum absolute atomic E-state index is 0.695. The zero-order valence-electron chi connectivity index (χ0n) is 8.99. The fourth-order valence-corrected chi connectivity index (χ4v) is 2.93. The van der Waals surface area contributed by atoms with Crippen molar-refractivity contribution in [1.82, 2.24) is 0 Å². The molecule has 0 radical (unpaired) electrons. The molecule has 0 unspecified atom stereocenters. The van der Waals surface area contributed by atoms with Gasteiger partial charge in [0.05, 0.1) is 0 Å². The van der Waals surface area contributed by atoms with Crippen molar-refractivity contribution in [3.05, 3.63) is 58.1 Å². The summed E-state index contributed by atoms with van der Waals surface area (Å²) in [6, 6.07) is 13.3. The first-order valence-electron chi connectivity index (χ1n) is 5.08. The van der Waals surface area contributed by atoms with Crippen LogP contribution in [-0.4, -0.2) is 0 Å². The van der Waals surface area contributed by atoms with E-state index in [4.69, 9.17) is 28.9 Å². The number of rotatable bonds is 3. The van der Waals surface area contributed by atoms with Crippen LogP contribution in [0.2, 0.25) is 10.0 Å². The Hall–Kier alpha value is -0.830. The Morgan fingerprint density at radius 2 is 1.82 bits per heavy atom. The average molecular weight is 284 g/mol. The van der Waals surface area contributed by atoms with Gasteiger partial charge in [0.1, 0.15) is 0 Å². The Kier molecular flexibility index (Phi) is 4.21. The summed E-state index contributed by atoms with van der Waals surface area (Å²) >= 11 is 13.7. The third-order valence-electron chi connectivity index (χ3n) is 2.32. The fraction of sp³-hybridized carbons (Fsp3) is 0.0769. The van der Waals surface area contributed by atoms with Crippen LogP contribution in [0.15, 0.2) is 47.4 Å². The zero-order chi connectivity index (χ0) is 12.3. The topological polar surface area (TPSA) is 26.0 Å². The first kappa shape index (κ1) is 12.6. The maximum Gasteiger partial charge on any atom is 0.0453 e. The van der Waals surface area contributed by atoms with E-state index < -0.39 is 0 Å². The molecule has 0 aliphatic rings. The lowest BCUT2D eigenvalue weighted by molar-refractivity contribution is 1.38. The number of nitrogens with two attached hydrogens (primary N) is 1. The maximum atomic E-state index is 6.09. The molecule has 17 heavy (non-hydrogen) atoms. The predicted molar refractivity (Wildman–Crippen MR) is 76.9 cm³/mol. The molecular formula is C13H11Cl2NS. The van der Waals surface area contributed by atoms with Gasteiger partial charge in [-0.05, 0) is 29.8 Å². The molecule has 88 valence electrons. The fourth-order valence-electron chi connectivity index (χ4n) is 1.40. The van der Waals surface area contributed by atoms with Crippen molar-refractivity contribution in [2.45, 2.75) is 10.6 Å². The third-order valence-corrected chi connectivity index (χ3v) is 4.04. The van der Waals surface area contributed by atoms with Gasteiger partial charge in [-0.25, -0.2) is 0 Å². The Labute approximate surface area is 115 Å². The number of hydrogen-bond acceptors (Lipinski definition) is 2. The molecule has 0 fully saturated rings. The normalized spacial score (nSPS) is 10.5. The van der Waals surface area contributed by atoms with Gasteiger partial charge in [0.2, 0.25) is 0 Å². The van der Waals surface area contributed by atoms with E-state index in [1.165, 1.54) is 0 Å². The van der Waals surface area contributed by atoms with Crippen molar-refractivity contribution in [2.24, 2.45) is 0 Å². The van der Waals surface area contributed by atoms with Crippen molar-refractivity contribution in [3.8, 4) is 0 Å². The van der Waals surface area contributed by atoms with Crippen LogP contribution < -0.4 is 5.73 Å². The van der Waals surface area contributed by atoms with Crippen LogP contribution in [0.1, 0.15) is 5.56 Å². The highest BCUT2D eigenvalue weighted by atomic mass is 35.5. The summed E-state index contributed by atoms with van der Waals surface area (Å²) < 4.78 is 0. The van der Waals surface area contributed by atoms with E-state index in [1.54, 1.807) is 17.8 Å². The van der Waals surface area contributed by atoms with Crippen LogP contribution in [0.3, 0.4) is 0 Å². The van der Waals surface area contributed by atoms with E-state index >= 15 is 0 Å². The van der Waals surface area contributed by atoms with Gasteiger partial charge >= 0.3 is 0 Å². The molecule has 0 aliphatic carbocycles. The summed E-state index contributed by atoms with van der Waals surface area (Å²) in [6.45, 7) is 0. The predicted octanol–water partition coefficient (Wildman–Crippen LogP) is 4.87. The molecule has 1 nitrogen and oxygen atoms in total. The Balaban J connectivity index is 2.12. The number of nitrogen functional groups attached to an aromatic ring is 1. The molecule has 2 rings (SSSR count). The lowest BCUT2D eigenvalue weighted by Gasteiger charge is -2.07. The van der Waals surface area contributed by atoms with Gasteiger partial charge in [-0.15, -0.1) is 11.8 Å². The summed E-state index contributed by atoms with van der Waals surface area (Å²) in [7, 11) is 0. The Morgan fingerprint density at radius 3 is 2.59 bits per heavy atom. The van der Waals surface area contributed by atoms with E-state index in [0.29, 0.717) is 5.02 Å². The second-order valence-corrected chi connectivity index (χ2v) is 5.42. The number of benzene rings is 2. The number of halogens is 2. The monoisotopic (exact) mass is 283 g/mol. The highest BCUT2D eigenvalue weighted by molar-refractivity contribution is 7.98. The molecule has 0 saturated heterocycles. The molecule has 0 saturated carbocycles. The molecule has 0 aromatic heterocycles. The highest BCUT2D eigenvalue weighted by Gasteiger charge is 2.04. The molecule has 2 aromatic carbocycles. The summed E-state index contributed by atoms with van der Waals surface area (Å²) in [5, 5.41) is 1.47. The van der Waals surface area contributed by atoms with E-state index in [0.717, 1.165) is 26.9 Å². The smallest absolute Gasteiger partial charge is 0.0453 e. The second kappa shape index (κ2) is 5.67. The SMILES string of the molecule is Nc1ccc(Cl)cc1SCc1ccccc1Cl. The largest absolute Gasteiger partial charge is 0.398 e. The Morgan fingerprint density at radius 1 is 1.06 bits per heavy atom. The number of anilines is 1. The summed E-state index contributed by atoms with van der Waals surface area (Å²) in [5.41, 5.74) is 7.72. The van der Waals surface area contributed by atoms with Crippen molar-refractivity contribution < 1.29 is 0 Å². The molecule has 0 bridgehead atoms. The first-order chi connectivity index (χ1) is 8.16. The van der Waals surface area contributed by atoms with Gasteiger partial charge in [0.15, 0.2) is 0 Å². The van der Waals surface area contributed by atoms with Crippen LogP contribution in [0.5, 0.6) is 0 Å². The maximum absolute atomic E-state index is 6.09. The summed E-state index contributed by atoms with van der Waals surface area (Å²) in [5.74, 6) is 0.782. The van der Waals surface area contributed by atoms with Crippen molar-refractivity contribution in [2.75, 3.05) is 5.73 Å². The standard InChI is InChI=1S/C13H11Cl2NS/c14-10-5-6-12(16)13(7-10)17-8-9-3-1-2-4-11(9)15/h1-7H,8,16H2. The van der Waals surface area contributed by atoms with Crippen molar-refractivity contribution in [1.29, 1.82) is 0 Å². The van der Waals surface area contributed by atoms with E-state index in [2.05, 4.69) is 0 Å². The molecule has 0 heterocycles. The van der Waals surface area contributed by atoms with Gasteiger partial charge in [-0.2, -0.15) is 0 Å². The van der Waals surface area contributed by atoms with Gasteiger partial charge in [-0.1, -0.05) is 41.4 Å². The molecule has 4 heteroatoms. The third kappa shape index (κ3) is 3.32. The quantitative estimate of drug-likeness (QED) is 0.643. The molecule has 0 aliphatic heterocycles. The minimum atomic E-state index is 0.695. The Bertz CT molecular complexity index is 529. The lowest BCUT2D eigenvalue weighted by atomic mass is 10.2. The highest BCUT2D eigenvalue weighted by Crippen LogP contribution is 2.32. The molecule has 0 atom stereocenters. The summed E-state index contributed by atoms with van der Waals surface area (Å²) in [6.07, 6.45) is 0. The first-order valence-corrected chi connectivity index (χ1v) is 6.82. The van der Waals surface area contributed by atoms with Crippen LogP contribution in [-0.2, 0) is 5.75 Å². The molecule has 2 N–H and O–H groups in total. The van der Waals surface area contributed by atoms with Crippen molar-refractivity contribution in [3.63, 3.8) is 0 Å². The van der Waals surface area contributed by atoms with Crippen molar-refractivity contribution >= 4 is 40.7 Å². The van der Waals surface area contributed by atoms with Crippen LogP contribution in [0.4, 0.5) is 5.69 Å². The minimum Gasteiger partial charge on any atom is -0.398 e. The zero-order valence-corrected chi connectivity index (χ0v) is 11.3. The van der Waals surface area contributed by atoms with Gasteiger partial charge in [0, 0.05) is 26.4 Å². The van der Waals surface area contributed by atoms with E-state index in [1.807, 2.05) is 36.4 Å².